The second-order valence-electron chi connectivity index (χ2n) is 5.99. The fourth-order valence-electron chi connectivity index (χ4n) is 2.81. The first-order chi connectivity index (χ1) is 13.7. The standard InChI is InChI=1S/C20H11ClN4O2S/c21-14-3-1-2-13(10-14)16-5-4-15(27-16)11-17-19(26)25-20(28-17)23-18(24-25)12-6-8-22-9-7-12/h1-11H. The van der Waals surface area contributed by atoms with E-state index in [0.29, 0.717) is 31.9 Å². The van der Waals surface area contributed by atoms with E-state index in [1.165, 1.54) is 15.9 Å². The lowest BCUT2D eigenvalue weighted by Crippen LogP contribution is -2.23. The number of fused-ring (bicyclic) bond motifs is 1. The maximum atomic E-state index is 12.7. The molecular formula is C20H11ClN4O2S. The Kier molecular flexibility index (Phi) is 4.03. The number of hydrogen-bond acceptors (Lipinski definition) is 6. The van der Waals surface area contributed by atoms with Gasteiger partial charge in [-0.3, -0.25) is 9.78 Å². The number of furan rings is 1. The van der Waals surface area contributed by atoms with Gasteiger partial charge >= 0.3 is 0 Å². The van der Waals surface area contributed by atoms with Crippen molar-refractivity contribution >= 4 is 34.0 Å². The number of aromatic nitrogens is 4. The highest BCUT2D eigenvalue weighted by molar-refractivity contribution is 7.15. The van der Waals surface area contributed by atoms with E-state index < -0.39 is 0 Å². The minimum atomic E-state index is -0.228. The first-order valence-corrected chi connectivity index (χ1v) is 9.54. The Hall–Kier alpha value is -3.29. The van der Waals surface area contributed by atoms with Crippen molar-refractivity contribution in [3.63, 3.8) is 0 Å². The zero-order valence-electron chi connectivity index (χ0n) is 14.2. The molecule has 136 valence electrons. The smallest absolute Gasteiger partial charge is 0.291 e. The van der Waals surface area contributed by atoms with Crippen LogP contribution in [0.4, 0.5) is 0 Å². The van der Waals surface area contributed by atoms with Gasteiger partial charge in [-0.1, -0.05) is 35.1 Å². The average Bonchev–Trinajstić information content (AvgIpc) is 3.41. The second-order valence-corrected chi connectivity index (χ2v) is 7.44. The molecule has 0 saturated carbocycles. The first-order valence-electron chi connectivity index (χ1n) is 8.35. The van der Waals surface area contributed by atoms with Crippen molar-refractivity contribution in [1.29, 1.82) is 0 Å². The van der Waals surface area contributed by atoms with Crippen LogP contribution < -0.4 is 10.1 Å². The van der Waals surface area contributed by atoms with Gasteiger partial charge in [-0.05, 0) is 36.4 Å². The van der Waals surface area contributed by atoms with E-state index >= 15 is 0 Å². The van der Waals surface area contributed by atoms with Gasteiger partial charge in [0.1, 0.15) is 16.1 Å². The molecule has 6 nitrogen and oxygen atoms in total. The summed E-state index contributed by atoms with van der Waals surface area (Å²) in [6.45, 7) is 0. The summed E-state index contributed by atoms with van der Waals surface area (Å²) in [6, 6.07) is 14.7. The summed E-state index contributed by atoms with van der Waals surface area (Å²) in [4.78, 5) is 21.6. The second kappa shape index (κ2) is 6.70. The monoisotopic (exact) mass is 406 g/mol. The molecule has 5 rings (SSSR count). The van der Waals surface area contributed by atoms with Gasteiger partial charge < -0.3 is 4.42 Å². The van der Waals surface area contributed by atoms with Gasteiger partial charge in [0.05, 0.1) is 0 Å². The van der Waals surface area contributed by atoms with Crippen LogP contribution in [0.25, 0.3) is 33.7 Å². The lowest BCUT2D eigenvalue weighted by Gasteiger charge is -1.96. The van der Waals surface area contributed by atoms with Crippen LogP contribution in [0.1, 0.15) is 5.76 Å². The van der Waals surface area contributed by atoms with Crippen molar-refractivity contribution in [2.75, 3.05) is 0 Å². The molecule has 28 heavy (non-hydrogen) atoms. The quantitative estimate of drug-likeness (QED) is 0.457. The lowest BCUT2D eigenvalue weighted by atomic mass is 10.2. The Labute approximate surface area is 167 Å². The predicted octanol–water partition coefficient (Wildman–Crippen LogP) is 3.67. The minimum Gasteiger partial charge on any atom is -0.457 e. The van der Waals surface area contributed by atoms with E-state index in [-0.39, 0.29) is 5.56 Å². The summed E-state index contributed by atoms with van der Waals surface area (Å²) >= 11 is 7.30. The third-order valence-corrected chi connectivity index (χ3v) is 5.32. The van der Waals surface area contributed by atoms with Crippen LogP contribution >= 0.6 is 22.9 Å². The Morgan fingerprint density at radius 1 is 1.07 bits per heavy atom. The van der Waals surface area contributed by atoms with Crippen LogP contribution in [-0.4, -0.2) is 19.6 Å². The van der Waals surface area contributed by atoms with Gasteiger partial charge in [0.2, 0.25) is 4.96 Å². The molecule has 8 heteroatoms. The van der Waals surface area contributed by atoms with Crippen molar-refractivity contribution in [3.8, 4) is 22.7 Å². The molecule has 0 radical (unpaired) electrons. The van der Waals surface area contributed by atoms with Crippen LogP contribution in [0.3, 0.4) is 0 Å². The molecule has 1 aromatic carbocycles. The summed E-state index contributed by atoms with van der Waals surface area (Å²) in [7, 11) is 0. The number of benzene rings is 1. The topological polar surface area (TPSA) is 73.3 Å². The molecule has 0 aliphatic carbocycles. The van der Waals surface area contributed by atoms with Gasteiger partial charge in [0.15, 0.2) is 5.82 Å². The molecule has 0 aliphatic heterocycles. The molecule has 0 saturated heterocycles. The molecule has 0 bridgehead atoms. The highest BCUT2D eigenvalue weighted by Crippen LogP contribution is 2.25. The highest BCUT2D eigenvalue weighted by atomic mass is 35.5. The van der Waals surface area contributed by atoms with Crippen LogP contribution in [-0.2, 0) is 0 Å². The van der Waals surface area contributed by atoms with E-state index in [2.05, 4.69) is 15.1 Å². The molecule has 0 atom stereocenters. The number of rotatable bonds is 3. The molecule has 0 N–H and O–H groups in total. The maximum absolute atomic E-state index is 12.7. The number of thiazole rings is 1. The maximum Gasteiger partial charge on any atom is 0.291 e. The first kappa shape index (κ1) is 16.9. The molecule has 0 amide bonds. The largest absolute Gasteiger partial charge is 0.457 e. The van der Waals surface area contributed by atoms with Crippen molar-refractivity contribution in [1.82, 2.24) is 19.6 Å². The molecule has 0 spiro atoms. The number of hydrogen-bond donors (Lipinski definition) is 0. The summed E-state index contributed by atoms with van der Waals surface area (Å²) in [5, 5.41) is 4.95. The summed E-state index contributed by atoms with van der Waals surface area (Å²) in [5.41, 5.74) is 1.46. The zero-order chi connectivity index (χ0) is 19.1. The predicted molar refractivity (Wildman–Crippen MR) is 108 cm³/mol. The summed E-state index contributed by atoms with van der Waals surface area (Å²) in [6.07, 6.45) is 5.02. The lowest BCUT2D eigenvalue weighted by molar-refractivity contribution is 0.571. The molecule has 4 heterocycles. The van der Waals surface area contributed by atoms with Crippen molar-refractivity contribution in [3.05, 3.63) is 86.6 Å². The van der Waals surface area contributed by atoms with Crippen LogP contribution in [0.15, 0.2) is 70.1 Å². The molecule has 0 aliphatic rings. The van der Waals surface area contributed by atoms with Crippen LogP contribution in [0.2, 0.25) is 5.02 Å². The fourth-order valence-corrected chi connectivity index (χ4v) is 3.89. The number of pyridine rings is 1. The van der Waals surface area contributed by atoms with Gasteiger partial charge in [-0.25, -0.2) is 0 Å². The fraction of sp³-hybridized carbons (Fsp3) is 0. The Morgan fingerprint density at radius 3 is 2.71 bits per heavy atom. The van der Waals surface area contributed by atoms with E-state index in [0.717, 1.165) is 11.1 Å². The van der Waals surface area contributed by atoms with E-state index in [9.17, 15) is 4.79 Å². The van der Waals surface area contributed by atoms with Crippen LogP contribution in [0.5, 0.6) is 0 Å². The van der Waals surface area contributed by atoms with Crippen LogP contribution in [0, 0.1) is 0 Å². The Balaban J connectivity index is 1.53. The third-order valence-electron chi connectivity index (χ3n) is 4.13. The Morgan fingerprint density at radius 2 is 1.93 bits per heavy atom. The summed E-state index contributed by atoms with van der Waals surface area (Å²) < 4.78 is 7.66. The minimum absolute atomic E-state index is 0.228. The SMILES string of the molecule is O=c1c(=Cc2ccc(-c3cccc(Cl)c3)o2)sc2nc(-c3ccncc3)nn12. The van der Waals surface area contributed by atoms with Gasteiger partial charge in [0, 0.05) is 34.6 Å². The average molecular weight is 407 g/mol. The summed E-state index contributed by atoms with van der Waals surface area (Å²) in [5.74, 6) is 1.75. The van der Waals surface area contributed by atoms with E-state index in [1.807, 2.05) is 30.3 Å². The molecular weight excluding hydrogens is 396 g/mol. The highest BCUT2D eigenvalue weighted by Gasteiger charge is 2.12. The number of halogens is 1. The number of nitrogens with zero attached hydrogens (tertiary/aromatic N) is 4. The van der Waals surface area contributed by atoms with Crippen molar-refractivity contribution in [2.24, 2.45) is 0 Å². The van der Waals surface area contributed by atoms with E-state index in [1.54, 1.807) is 36.7 Å². The third kappa shape index (κ3) is 3.00. The zero-order valence-corrected chi connectivity index (χ0v) is 15.8. The molecule has 0 unspecified atom stereocenters. The molecule has 4 aromatic heterocycles. The van der Waals surface area contributed by atoms with Gasteiger partial charge in [-0.2, -0.15) is 9.50 Å². The Bertz CT molecular complexity index is 1410. The van der Waals surface area contributed by atoms with Crippen molar-refractivity contribution < 1.29 is 4.42 Å². The molecule has 0 fully saturated rings. The molecule has 5 aromatic rings. The van der Waals surface area contributed by atoms with E-state index in [4.69, 9.17) is 16.0 Å². The normalized spacial score (nSPS) is 12.1. The van der Waals surface area contributed by atoms with Gasteiger partial charge in [0.25, 0.3) is 5.56 Å². The van der Waals surface area contributed by atoms with Crippen molar-refractivity contribution in [2.45, 2.75) is 0 Å². The van der Waals surface area contributed by atoms with Gasteiger partial charge in [-0.15, -0.1) is 5.10 Å².